The largest absolute Gasteiger partial charge is 0.444 e. The number of ketones is 1. The number of aromatic nitrogens is 3. The molecular formula is C24H26N4O2S. The van der Waals surface area contributed by atoms with Crippen molar-refractivity contribution in [1.29, 1.82) is 0 Å². The number of carbonyl (C=O) groups excluding carboxylic acids is 1. The van der Waals surface area contributed by atoms with Crippen LogP contribution < -0.4 is 10.1 Å². The van der Waals surface area contributed by atoms with Crippen molar-refractivity contribution in [2.75, 3.05) is 11.1 Å². The molecule has 1 unspecified atom stereocenters. The van der Waals surface area contributed by atoms with Gasteiger partial charge in [-0.25, -0.2) is 0 Å². The smallest absolute Gasteiger partial charge is 0.247 e. The Labute approximate surface area is 186 Å². The lowest BCUT2D eigenvalue weighted by Crippen LogP contribution is -2.35. The zero-order chi connectivity index (χ0) is 21.5. The number of Topliss-reactive ketones (excluding diaryl/α,β-unsaturated/α-hetero) is 1. The van der Waals surface area contributed by atoms with Gasteiger partial charge in [0, 0.05) is 22.6 Å². The van der Waals surface area contributed by atoms with E-state index in [9.17, 15) is 4.79 Å². The lowest BCUT2D eigenvalue weighted by atomic mass is 10.1. The maximum Gasteiger partial charge on any atom is 0.247 e. The molecule has 1 N–H and O–H groups in total. The van der Waals surface area contributed by atoms with Gasteiger partial charge in [-0.15, -0.1) is 10.2 Å². The fourth-order valence-corrected chi connectivity index (χ4v) is 4.23. The third-order valence-electron chi connectivity index (χ3n) is 5.11. The van der Waals surface area contributed by atoms with Crippen LogP contribution in [0, 0.1) is 0 Å². The summed E-state index contributed by atoms with van der Waals surface area (Å²) in [6.45, 7) is 2.22. The van der Waals surface area contributed by atoms with Gasteiger partial charge >= 0.3 is 0 Å². The summed E-state index contributed by atoms with van der Waals surface area (Å²) < 4.78 is 6.07. The van der Waals surface area contributed by atoms with Crippen molar-refractivity contribution in [2.45, 2.75) is 50.4 Å². The summed E-state index contributed by atoms with van der Waals surface area (Å²) in [5, 5.41) is 12.5. The maximum absolute atomic E-state index is 13.1. The van der Waals surface area contributed by atoms with Crippen molar-refractivity contribution in [2.24, 2.45) is 0 Å². The molecular weight excluding hydrogens is 408 g/mol. The number of ether oxygens (including phenoxy) is 1. The first kappa shape index (κ1) is 21.3. The molecule has 4 rings (SSSR count). The highest BCUT2D eigenvalue weighted by Gasteiger charge is 2.29. The van der Waals surface area contributed by atoms with Crippen molar-refractivity contribution in [3.8, 4) is 17.1 Å². The summed E-state index contributed by atoms with van der Waals surface area (Å²) in [5.41, 5.74) is 2.70. The summed E-state index contributed by atoms with van der Waals surface area (Å²) in [6.07, 6.45) is 5.20. The Balaban J connectivity index is 1.56. The van der Waals surface area contributed by atoms with Crippen LogP contribution in [0.25, 0.3) is 11.3 Å². The van der Waals surface area contributed by atoms with Crippen molar-refractivity contribution >= 4 is 23.2 Å². The van der Waals surface area contributed by atoms with Gasteiger partial charge in [0.1, 0.15) is 0 Å². The molecule has 1 aromatic heterocycles. The molecule has 0 saturated carbocycles. The number of anilines is 1. The minimum absolute atomic E-state index is 0.160. The average molecular weight is 435 g/mol. The number of thioether (sulfide) groups is 1. The number of benzene rings is 2. The molecule has 0 bridgehead atoms. The van der Waals surface area contributed by atoms with Crippen LogP contribution >= 0.6 is 11.8 Å². The molecule has 160 valence electrons. The molecule has 1 aliphatic heterocycles. The van der Waals surface area contributed by atoms with Crippen LogP contribution in [0.4, 0.5) is 5.69 Å². The van der Waals surface area contributed by atoms with Crippen molar-refractivity contribution in [3.05, 3.63) is 60.2 Å². The first-order valence-corrected chi connectivity index (χ1v) is 11.7. The minimum Gasteiger partial charge on any atom is -0.444 e. The third kappa shape index (κ3) is 5.22. The van der Waals surface area contributed by atoms with E-state index in [1.54, 1.807) is 23.9 Å². The van der Waals surface area contributed by atoms with Crippen LogP contribution in [-0.2, 0) is 0 Å². The molecule has 2 aromatic carbocycles. The molecule has 0 aliphatic carbocycles. The number of unbranched alkanes of at least 4 members (excludes halogenated alkanes) is 4. The number of hydrogen-bond donors (Lipinski definition) is 1. The predicted molar refractivity (Wildman–Crippen MR) is 124 cm³/mol. The van der Waals surface area contributed by atoms with Gasteiger partial charge in [0.05, 0.1) is 0 Å². The quantitative estimate of drug-likeness (QED) is 0.266. The second-order valence-corrected chi connectivity index (χ2v) is 8.49. The average Bonchev–Trinajstić information content (AvgIpc) is 2.98. The van der Waals surface area contributed by atoms with Gasteiger partial charge in [-0.2, -0.15) is 4.98 Å². The zero-order valence-electron chi connectivity index (χ0n) is 17.6. The fraction of sp³-hybridized carbons (Fsp3) is 0.333. The summed E-state index contributed by atoms with van der Waals surface area (Å²) in [5.74, 6) is 1.10. The molecule has 1 aliphatic rings. The molecule has 0 saturated heterocycles. The van der Waals surface area contributed by atoms with Gasteiger partial charge in [0.2, 0.25) is 23.0 Å². The van der Waals surface area contributed by atoms with E-state index in [2.05, 4.69) is 27.4 Å². The van der Waals surface area contributed by atoms with E-state index in [0.29, 0.717) is 22.3 Å². The minimum atomic E-state index is -0.895. The van der Waals surface area contributed by atoms with Crippen LogP contribution in [0.2, 0.25) is 0 Å². The van der Waals surface area contributed by atoms with E-state index in [0.717, 1.165) is 23.4 Å². The van der Waals surface area contributed by atoms with Crippen LogP contribution in [-0.4, -0.2) is 32.9 Å². The van der Waals surface area contributed by atoms with E-state index < -0.39 is 6.23 Å². The van der Waals surface area contributed by atoms with E-state index >= 15 is 0 Å². The van der Waals surface area contributed by atoms with Gasteiger partial charge in [-0.1, -0.05) is 92.9 Å². The highest BCUT2D eigenvalue weighted by atomic mass is 32.2. The number of para-hydroxylation sites is 1. The van der Waals surface area contributed by atoms with Crippen LogP contribution in [0.5, 0.6) is 5.88 Å². The highest BCUT2D eigenvalue weighted by Crippen LogP contribution is 2.36. The van der Waals surface area contributed by atoms with Crippen LogP contribution in [0.3, 0.4) is 0 Å². The molecule has 3 aromatic rings. The lowest BCUT2D eigenvalue weighted by molar-refractivity contribution is 0.0823. The summed E-state index contributed by atoms with van der Waals surface area (Å²) in [7, 11) is 0. The first-order valence-electron chi connectivity index (χ1n) is 10.8. The second kappa shape index (κ2) is 10.4. The van der Waals surface area contributed by atoms with E-state index in [1.165, 1.54) is 25.7 Å². The number of nitrogens with one attached hydrogen (secondary N) is 1. The first-order chi connectivity index (χ1) is 15.3. The standard InChI is InChI=1S/C24H26N4O2S/c1-2-3-4-5-11-16-31-24-26-22-20(27-28-24)18-14-9-10-15-19(18)25-23(30-22)21(29)17-12-7-6-8-13-17/h6-10,12-15,23,25H,2-5,11,16H2,1H3. The van der Waals surface area contributed by atoms with Crippen molar-refractivity contribution in [3.63, 3.8) is 0 Å². The Hall–Kier alpha value is -2.93. The topological polar surface area (TPSA) is 77.0 Å². The Morgan fingerprint density at radius 2 is 1.77 bits per heavy atom. The zero-order valence-corrected chi connectivity index (χ0v) is 18.4. The van der Waals surface area contributed by atoms with Gasteiger partial charge in [-0.3, -0.25) is 4.79 Å². The van der Waals surface area contributed by atoms with Crippen LogP contribution in [0.15, 0.2) is 59.8 Å². The predicted octanol–water partition coefficient (Wildman–Crippen LogP) is 5.61. The summed E-state index contributed by atoms with van der Waals surface area (Å²) in [4.78, 5) is 17.7. The Morgan fingerprint density at radius 1 is 1.00 bits per heavy atom. The maximum atomic E-state index is 13.1. The van der Waals surface area contributed by atoms with Gasteiger partial charge in [0.15, 0.2) is 5.69 Å². The number of hydrogen-bond acceptors (Lipinski definition) is 7. The monoisotopic (exact) mass is 434 g/mol. The summed E-state index contributed by atoms with van der Waals surface area (Å²) >= 11 is 1.58. The number of nitrogens with zero attached hydrogens (tertiary/aromatic N) is 3. The molecule has 0 spiro atoms. The van der Waals surface area contributed by atoms with E-state index in [1.807, 2.05) is 42.5 Å². The lowest BCUT2D eigenvalue weighted by Gasteiger charge is -2.17. The van der Waals surface area contributed by atoms with E-state index in [4.69, 9.17) is 4.74 Å². The number of fused-ring (bicyclic) bond motifs is 3. The molecule has 6 nitrogen and oxygen atoms in total. The Morgan fingerprint density at radius 3 is 2.61 bits per heavy atom. The molecule has 7 heteroatoms. The van der Waals surface area contributed by atoms with Crippen molar-refractivity contribution < 1.29 is 9.53 Å². The third-order valence-corrected chi connectivity index (χ3v) is 6.03. The molecule has 1 atom stereocenters. The van der Waals surface area contributed by atoms with Crippen LogP contribution in [0.1, 0.15) is 49.4 Å². The molecule has 0 amide bonds. The molecule has 2 heterocycles. The Bertz CT molecular complexity index is 1030. The SMILES string of the molecule is CCCCCCCSc1nnc2c(n1)OC(C(=O)c1ccccc1)Nc1ccccc1-2. The van der Waals surface area contributed by atoms with Gasteiger partial charge in [-0.05, 0) is 12.5 Å². The molecule has 0 fully saturated rings. The Kier molecular flexibility index (Phi) is 7.14. The fourth-order valence-electron chi connectivity index (χ4n) is 3.45. The molecule has 0 radical (unpaired) electrons. The normalized spacial score (nSPS) is 14.5. The van der Waals surface area contributed by atoms with Crippen molar-refractivity contribution in [1.82, 2.24) is 15.2 Å². The summed E-state index contributed by atoms with van der Waals surface area (Å²) in [6, 6.07) is 16.8. The number of rotatable bonds is 9. The number of carbonyl (C=O) groups is 1. The second-order valence-electron chi connectivity index (χ2n) is 7.43. The van der Waals surface area contributed by atoms with Gasteiger partial charge < -0.3 is 10.1 Å². The highest BCUT2D eigenvalue weighted by molar-refractivity contribution is 7.99. The molecule has 31 heavy (non-hydrogen) atoms. The van der Waals surface area contributed by atoms with E-state index in [-0.39, 0.29) is 5.78 Å². The van der Waals surface area contributed by atoms with Gasteiger partial charge in [0.25, 0.3) is 0 Å².